The van der Waals surface area contributed by atoms with E-state index < -0.39 is 81.8 Å². The van der Waals surface area contributed by atoms with Crippen molar-refractivity contribution in [2.75, 3.05) is 13.2 Å². The molecule has 1 saturated carbocycles. The zero-order valence-corrected chi connectivity index (χ0v) is 38.1. The van der Waals surface area contributed by atoms with Crippen molar-refractivity contribution in [2.45, 2.75) is 198 Å². The molecule has 7 atom stereocenters. The summed E-state index contributed by atoms with van der Waals surface area (Å²) in [4.78, 5) is 35.7. The van der Waals surface area contributed by atoms with Gasteiger partial charge >= 0.3 is 19.8 Å². The first-order chi connectivity index (χ1) is 29.8. The van der Waals surface area contributed by atoms with Crippen LogP contribution in [0, 0.1) is 0 Å². The van der Waals surface area contributed by atoms with Crippen LogP contribution >= 0.6 is 7.82 Å². The average Bonchev–Trinajstić information content (AvgIpc) is 3.25. The molecule has 7 N–H and O–H groups in total. The molecule has 1 aliphatic rings. The Morgan fingerprint density at radius 2 is 1.11 bits per heavy atom. The second kappa shape index (κ2) is 36.6. The number of hydrogen-bond donors (Lipinski definition) is 7. The number of allylic oxidation sites excluding steroid dienone is 10. The van der Waals surface area contributed by atoms with Gasteiger partial charge in [0.05, 0.1) is 12.7 Å². The first kappa shape index (κ1) is 57.3. The lowest BCUT2D eigenvalue weighted by atomic mass is 9.85. The summed E-state index contributed by atoms with van der Waals surface area (Å²) < 4.78 is 33.4. The Bertz CT molecular complexity index is 1380. The van der Waals surface area contributed by atoms with Gasteiger partial charge in [0.2, 0.25) is 0 Å². The second-order valence-corrected chi connectivity index (χ2v) is 17.1. The van der Waals surface area contributed by atoms with E-state index in [2.05, 4.69) is 19.1 Å². The molecule has 15 heteroatoms. The molecule has 0 saturated heterocycles. The Kier molecular flexibility index (Phi) is 33.8. The molecule has 0 amide bonds. The first-order valence-corrected chi connectivity index (χ1v) is 24.3. The van der Waals surface area contributed by atoms with E-state index in [0.29, 0.717) is 32.1 Å². The van der Waals surface area contributed by atoms with Gasteiger partial charge in [-0.05, 0) is 70.6 Å². The van der Waals surface area contributed by atoms with Crippen LogP contribution in [0.25, 0.3) is 0 Å². The summed E-state index contributed by atoms with van der Waals surface area (Å²) in [6.07, 6.45) is 28.5. The standard InChI is InChI=1S/C47H79O14P/c1-3-5-7-9-10-11-12-13-14-15-16-20-23-26-30-34-40(49)58-36-39(37-59-62(56,57)61-47-45(54)43(52)42(51)44(53)46(47)55)60-41(50)35-31-27-24-21-18-17-19-22-25-29-33-38(48)32-28-8-6-4-2/h6,8,13-14,17,19,21,24-25,28-29,32,38-39,42-48,51-55H,3-5,7,9-12,15-16,18,20,22-23,26-27,30-31,33-37H2,1-2H3,(H,56,57). The second-order valence-electron chi connectivity index (χ2n) is 15.7. The molecule has 1 rings (SSSR count). The molecule has 1 aliphatic carbocycles. The molecule has 0 radical (unpaired) electrons. The summed E-state index contributed by atoms with van der Waals surface area (Å²) in [5.74, 6) is -1.21. The predicted octanol–water partition coefficient (Wildman–Crippen LogP) is 7.69. The number of ether oxygens (including phenoxy) is 2. The summed E-state index contributed by atoms with van der Waals surface area (Å²) in [5.41, 5.74) is 0. The summed E-state index contributed by atoms with van der Waals surface area (Å²) >= 11 is 0. The zero-order chi connectivity index (χ0) is 45.9. The Balaban J connectivity index is 2.54. The Hall–Kier alpha value is -2.75. The van der Waals surface area contributed by atoms with Crippen LogP contribution < -0.4 is 0 Å². The van der Waals surface area contributed by atoms with Crippen LogP contribution in [-0.4, -0.2) is 110 Å². The minimum atomic E-state index is -5.15. The van der Waals surface area contributed by atoms with Gasteiger partial charge in [-0.1, -0.05) is 138 Å². The first-order valence-electron chi connectivity index (χ1n) is 22.8. The number of rotatable bonds is 36. The highest BCUT2D eigenvalue weighted by atomic mass is 31.2. The molecular weight excluding hydrogens is 819 g/mol. The smallest absolute Gasteiger partial charge is 0.462 e. The minimum Gasteiger partial charge on any atom is -0.462 e. The van der Waals surface area contributed by atoms with Crippen molar-refractivity contribution in [3.63, 3.8) is 0 Å². The number of carbonyl (C=O) groups excluding carboxylic acids is 2. The fourth-order valence-electron chi connectivity index (χ4n) is 6.39. The molecule has 0 aromatic carbocycles. The predicted molar refractivity (Wildman–Crippen MR) is 241 cm³/mol. The Morgan fingerprint density at radius 3 is 1.74 bits per heavy atom. The van der Waals surface area contributed by atoms with E-state index in [9.17, 15) is 49.7 Å². The number of phosphoric acid groups is 1. The van der Waals surface area contributed by atoms with Crippen molar-refractivity contribution in [1.82, 2.24) is 0 Å². The van der Waals surface area contributed by atoms with Gasteiger partial charge in [0.15, 0.2) is 6.10 Å². The number of aliphatic hydroxyl groups is 6. The third kappa shape index (κ3) is 28.8. The van der Waals surface area contributed by atoms with Crippen LogP contribution in [0.3, 0.4) is 0 Å². The Morgan fingerprint density at radius 1 is 0.597 bits per heavy atom. The van der Waals surface area contributed by atoms with E-state index in [1.54, 1.807) is 6.08 Å². The third-order valence-corrected chi connectivity index (χ3v) is 11.1. The molecule has 0 bridgehead atoms. The van der Waals surface area contributed by atoms with Crippen LogP contribution in [0.1, 0.15) is 149 Å². The molecule has 356 valence electrons. The molecular formula is C47H79O14P. The maximum absolute atomic E-state index is 12.8. The molecule has 0 aromatic heterocycles. The maximum atomic E-state index is 12.8. The van der Waals surface area contributed by atoms with E-state index in [4.69, 9.17) is 18.5 Å². The van der Waals surface area contributed by atoms with Crippen molar-refractivity contribution < 1.29 is 68.2 Å². The third-order valence-electron chi connectivity index (χ3n) is 10.1. The van der Waals surface area contributed by atoms with E-state index in [0.717, 1.165) is 51.4 Å². The average molecular weight is 899 g/mol. The molecule has 0 spiro atoms. The van der Waals surface area contributed by atoms with E-state index in [1.807, 2.05) is 61.6 Å². The van der Waals surface area contributed by atoms with Gasteiger partial charge in [0.25, 0.3) is 0 Å². The maximum Gasteiger partial charge on any atom is 0.472 e. The SMILES string of the molecule is CCC=CC=CC(O)CC=CCC=CCC=CCCCC(=O)OC(COC(=O)CCCCCCCC=CCCCCCCCC)COP(=O)(O)OC1C(O)C(O)C(O)C(O)C1O. The van der Waals surface area contributed by atoms with Crippen molar-refractivity contribution >= 4 is 19.8 Å². The number of aliphatic hydroxyl groups excluding tert-OH is 6. The van der Waals surface area contributed by atoms with Crippen molar-refractivity contribution in [1.29, 1.82) is 0 Å². The lowest BCUT2D eigenvalue weighted by Gasteiger charge is -2.41. The molecule has 14 nitrogen and oxygen atoms in total. The molecule has 1 fully saturated rings. The number of esters is 2. The number of phosphoric ester groups is 1. The van der Waals surface area contributed by atoms with Crippen LogP contribution in [0.4, 0.5) is 0 Å². The quantitative estimate of drug-likeness (QED) is 0.0105. The fourth-order valence-corrected chi connectivity index (χ4v) is 7.36. The number of hydrogen-bond acceptors (Lipinski definition) is 13. The molecule has 7 unspecified atom stereocenters. The zero-order valence-electron chi connectivity index (χ0n) is 37.2. The molecule has 0 heterocycles. The summed E-state index contributed by atoms with van der Waals surface area (Å²) in [5, 5.41) is 60.0. The van der Waals surface area contributed by atoms with E-state index in [-0.39, 0.29) is 12.8 Å². The highest BCUT2D eigenvalue weighted by Gasteiger charge is 2.51. The van der Waals surface area contributed by atoms with Crippen LogP contribution in [0.15, 0.2) is 72.9 Å². The van der Waals surface area contributed by atoms with Crippen LogP contribution in [0.5, 0.6) is 0 Å². The van der Waals surface area contributed by atoms with Gasteiger partial charge < -0.3 is 45.0 Å². The number of unbranched alkanes of at least 4 members (excludes halogenated alkanes) is 12. The lowest BCUT2D eigenvalue weighted by Crippen LogP contribution is -2.64. The highest BCUT2D eigenvalue weighted by molar-refractivity contribution is 7.47. The summed E-state index contributed by atoms with van der Waals surface area (Å²) in [7, 11) is -5.15. The van der Waals surface area contributed by atoms with Gasteiger partial charge in [-0.15, -0.1) is 0 Å². The van der Waals surface area contributed by atoms with Gasteiger partial charge in [-0.3, -0.25) is 18.6 Å². The fraction of sp³-hybridized carbons (Fsp3) is 0.702. The van der Waals surface area contributed by atoms with Crippen molar-refractivity contribution in [2.24, 2.45) is 0 Å². The highest BCUT2D eigenvalue weighted by Crippen LogP contribution is 2.47. The largest absolute Gasteiger partial charge is 0.472 e. The normalized spacial score (nSPS) is 23.0. The molecule has 62 heavy (non-hydrogen) atoms. The molecule has 0 aromatic rings. The van der Waals surface area contributed by atoms with Crippen LogP contribution in [-0.2, 0) is 32.7 Å². The van der Waals surface area contributed by atoms with Gasteiger partial charge in [-0.25, -0.2) is 4.57 Å². The van der Waals surface area contributed by atoms with E-state index >= 15 is 0 Å². The lowest BCUT2D eigenvalue weighted by molar-refractivity contribution is -0.220. The van der Waals surface area contributed by atoms with Crippen LogP contribution in [0.2, 0.25) is 0 Å². The summed E-state index contributed by atoms with van der Waals surface area (Å²) in [6.45, 7) is 3.01. The minimum absolute atomic E-state index is 0.00782. The number of carbonyl (C=O) groups is 2. The summed E-state index contributed by atoms with van der Waals surface area (Å²) in [6, 6.07) is 0. The molecule has 0 aliphatic heterocycles. The van der Waals surface area contributed by atoms with Gasteiger partial charge in [0.1, 0.15) is 43.2 Å². The topological polar surface area (TPSA) is 230 Å². The van der Waals surface area contributed by atoms with E-state index in [1.165, 1.54) is 38.5 Å². The van der Waals surface area contributed by atoms with Crippen molar-refractivity contribution in [3.05, 3.63) is 72.9 Å². The monoisotopic (exact) mass is 899 g/mol. The Labute approximate surface area is 370 Å². The van der Waals surface area contributed by atoms with Crippen molar-refractivity contribution in [3.8, 4) is 0 Å². The van der Waals surface area contributed by atoms with Gasteiger partial charge in [-0.2, -0.15) is 0 Å². The van der Waals surface area contributed by atoms with Gasteiger partial charge in [0, 0.05) is 12.8 Å².